The van der Waals surface area contributed by atoms with Gasteiger partial charge in [-0.15, -0.1) is 24.5 Å². The molecule has 0 radical (unpaired) electrons. The maximum absolute atomic E-state index is 12.3. The minimum absolute atomic E-state index is 0.184. The minimum atomic E-state index is -4.74. The number of nitrogens with zero attached hydrogens (tertiary/aromatic N) is 1. The summed E-state index contributed by atoms with van der Waals surface area (Å²) in [4.78, 5) is 15.7. The Morgan fingerprint density at radius 2 is 1.78 bits per heavy atom. The van der Waals surface area contributed by atoms with Crippen molar-refractivity contribution in [2.45, 2.75) is 19.9 Å². The summed E-state index contributed by atoms with van der Waals surface area (Å²) in [6.07, 6.45) is -4.74. The van der Waals surface area contributed by atoms with E-state index in [-0.39, 0.29) is 19.0 Å². The Kier molecular flexibility index (Phi) is 7.62. The number of alkyl halides is 3. The van der Waals surface area contributed by atoms with Gasteiger partial charge in [0, 0.05) is 5.56 Å². The van der Waals surface area contributed by atoms with Crippen LogP contribution in [0.15, 0.2) is 46.3 Å². The van der Waals surface area contributed by atoms with Crippen molar-refractivity contribution in [1.82, 2.24) is 4.98 Å². The smallest absolute Gasteiger partial charge is 0.486 e. The molecule has 3 aromatic rings. The lowest BCUT2D eigenvalue weighted by Gasteiger charge is -2.10. The first kappa shape index (κ1) is 23.9. The van der Waals surface area contributed by atoms with E-state index in [2.05, 4.69) is 30.4 Å². The van der Waals surface area contributed by atoms with E-state index in [1.807, 2.05) is 6.92 Å². The molecule has 0 atom stereocenters. The number of esters is 1. The standard InChI is InChI=1S/C21H17BrF3NO5S/c1-12-9-15(7-8-16(12)30-11-18(27)28-2)29-10-17-26-19(20(22)32-17)13-3-5-14(6-4-13)31-21(23,24)25/h3-9H,10-11H2,1-2H3. The van der Waals surface area contributed by atoms with Gasteiger partial charge in [-0.25, -0.2) is 9.78 Å². The van der Waals surface area contributed by atoms with Gasteiger partial charge in [-0.3, -0.25) is 0 Å². The van der Waals surface area contributed by atoms with Crippen LogP contribution in [0.5, 0.6) is 17.2 Å². The summed E-state index contributed by atoms with van der Waals surface area (Å²) in [7, 11) is 1.29. The highest BCUT2D eigenvalue weighted by molar-refractivity contribution is 9.11. The molecule has 2 aromatic carbocycles. The summed E-state index contributed by atoms with van der Waals surface area (Å²) >= 11 is 4.80. The third-order valence-electron chi connectivity index (χ3n) is 4.07. The largest absolute Gasteiger partial charge is 0.573 e. The fraction of sp³-hybridized carbons (Fsp3) is 0.238. The highest BCUT2D eigenvalue weighted by atomic mass is 79.9. The van der Waals surface area contributed by atoms with Crippen molar-refractivity contribution >= 4 is 33.2 Å². The van der Waals surface area contributed by atoms with Crippen LogP contribution in [0.4, 0.5) is 13.2 Å². The topological polar surface area (TPSA) is 66.9 Å². The molecule has 0 fully saturated rings. The Labute approximate surface area is 194 Å². The van der Waals surface area contributed by atoms with Gasteiger partial charge in [0.05, 0.1) is 16.6 Å². The molecule has 3 rings (SSSR count). The van der Waals surface area contributed by atoms with Crippen molar-refractivity contribution in [1.29, 1.82) is 0 Å². The number of carbonyl (C=O) groups is 1. The van der Waals surface area contributed by atoms with E-state index in [0.29, 0.717) is 27.8 Å². The molecular formula is C21H17BrF3NO5S. The highest BCUT2D eigenvalue weighted by Gasteiger charge is 2.31. The second kappa shape index (κ2) is 10.2. The number of rotatable bonds is 8. The molecule has 1 heterocycles. The summed E-state index contributed by atoms with van der Waals surface area (Å²) in [5.41, 5.74) is 2.01. The number of thiazole rings is 1. The first-order chi connectivity index (χ1) is 15.1. The third-order valence-corrected chi connectivity index (χ3v) is 5.75. The number of benzene rings is 2. The van der Waals surface area contributed by atoms with E-state index in [1.54, 1.807) is 18.2 Å². The second-order valence-corrected chi connectivity index (χ2v) is 8.78. The SMILES string of the molecule is COC(=O)COc1ccc(OCc2nc(-c3ccc(OC(F)(F)F)cc3)c(Br)s2)cc1C. The molecule has 11 heteroatoms. The number of carbonyl (C=O) groups excluding carboxylic acids is 1. The molecule has 0 saturated heterocycles. The van der Waals surface area contributed by atoms with Crippen molar-refractivity contribution in [3.05, 3.63) is 56.8 Å². The fourth-order valence-corrected chi connectivity index (χ4v) is 4.21. The molecule has 1 aromatic heterocycles. The predicted molar refractivity (Wildman–Crippen MR) is 115 cm³/mol. The van der Waals surface area contributed by atoms with Gasteiger partial charge in [-0.1, -0.05) is 0 Å². The molecule has 170 valence electrons. The van der Waals surface area contributed by atoms with E-state index >= 15 is 0 Å². The Morgan fingerprint density at radius 3 is 2.41 bits per heavy atom. The van der Waals surface area contributed by atoms with Crippen LogP contribution in [0.2, 0.25) is 0 Å². The van der Waals surface area contributed by atoms with Crippen LogP contribution in [0.1, 0.15) is 10.6 Å². The molecule has 0 spiro atoms. The van der Waals surface area contributed by atoms with E-state index in [1.165, 1.54) is 42.7 Å². The van der Waals surface area contributed by atoms with Crippen molar-refractivity contribution in [3.63, 3.8) is 0 Å². The Bertz CT molecular complexity index is 1090. The maximum atomic E-state index is 12.3. The van der Waals surface area contributed by atoms with Crippen molar-refractivity contribution < 1.29 is 36.9 Å². The van der Waals surface area contributed by atoms with E-state index in [4.69, 9.17) is 9.47 Å². The summed E-state index contributed by atoms with van der Waals surface area (Å²) in [6, 6.07) is 10.7. The zero-order valence-corrected chi connectivity index (χ0v) is 19.3. The van der Waals surface area contributed by atoms with Gasteiger partial charge >= 0.3 is 12.3 Å². The Morgan fingerprint density at radius 1 is 1.09 bits per heavy atom. The van der Waals surface area contributed by atoms with Crippen LogP contribution in [0.25, 0.3) is 11.3 Å². The van der Waals surface area contributed by atoms with E-state index in [0.717, 1.165) is 9.35 Å². The number of aromatic nitrogens is 1. The maximum Gasteiger partial charge on any atom is 0.573 e. The van der Waals surface area contributed by atoms with Gasteiger partial charge in [-0.05, 0) is 70.9 Å². The average Bonchev–Trinajstić information content (AvgIpc) is 3.11. The van der Waals surface area contributed by atoms with Crippen LogP contribution in [0, 0.1) is 6.92 Å². The van der Waals surface area contributed by atoms with Crippen molar-refractivity contribution in [2.24, 2.45) is 0 Å². The summed E-state index contributed by atoms with van der Waals surface area (Å²) in [6.45, 7) is 1.83. The first-order valence-electron chi connectivity index (χ1n) is 9.09. The van der Waals surface area contributed by atoms with Gasteiger partial charge < -0.3 is 18.9 Å². The van der Waals surface area contributed by atoms with Crippen LogP contribution >= 0.6 is 27.3 Å². The first-order valence-corrected chi connectivity index (χ1v) is 10.7. The molecular weight excluding hydrogens is 515 g/mol. The number of halogens is 4. The molecule has 0 aliphatic heterocycles. The molecule has 0 unspecified atom stereocenters. The number of hydrogen-bond acceptors (Lipinski definition) is 7. The van der Waals surface area contributed by atoms with Crippen LogP contribution in [-0.4, -0.2) is 31.0 Å². The number of methoxy groups -OCH3 is 1. The van der Waals surface area contributed by atoms with E-state index in [9.17, 15) is 18.0 Å². The van der Waals surface area contributed by atoms with Crippen LogP contribution in [-0.2, 0) is 16.1 Å². The number of aryl methyl sites for hydroxylation is 1. The molecule has 32 heavy (non-hydrogen) atoms. The molecule has 0 aliphatic carbocycles. The lowest BCUT2D eigenvalue weighted by Crippen LogP contribution is -2.16. The van der Waals surface area contributed by atoms with E-state index < -0.39 is 12.3 Å². The van der Waals surface area contributed by atoms with Gasteiger partial charge in [0.2, 0.25) is 0 Å². The number of hydrogen-bond donors (Lipinski definition) is 0. The Hall–Kier alpha value is -2.79. The van der Waals surface area contributed by atoms with Crippen molar-refractivity contribution in [3.8, 4) is 28.5 Å². The number of ether oxygens (including phenoxy) is 4. The molecule has 0 aliphatic rings. The third kappa shape index (κ3) is 6.60. The predicted octanol–water partition coefficient (Wildman–Crippen LogP) is 5.91. The molecule has 0 bridgehead atoms. The zero-order valence-electron chi connectivity index (χ0n) is 16.9. The summed E-state index contributed by atoms with van der Waals surface area (Å²) in [5.74, 6) is 0.359. The lowest BCUT2D eigenvalue weighted by atomic mass is 10.2. The molecule has 0 saturated carbocycles. The lowest BCUT2D eigenvalue weighted by molar-refractivity contribution is -0.274. The van der Waals surface area contributed by atoms with Gasteiger partial charge in [0.25, 0.3) is 0 Å². The fourth-order valence-electron chi connectivity index (χ4n) is 2.61. The van der Waals surface area contributed by atoms with Gasteiger partial charge in [0.1, 0.15) is 28.9 Å². The van der Waals surface area contributed by atoms with Gasteiger partial charge in [0.15, 0.2) is 6.61 Å². The summed E-state index contributed by atoms with van der Waals surface area (Å²) in [5, 5.41) is 0.672. The summed E-state index contributed by atoms with van der Waals surface area (Å²) < 4.78 is 57.3. The second-order valence-electron chi connectivity index (χ2n) is 6.38. The normalized spacial score (nSPS) is 11.2. The quantitative estimate of drug-likeness (QED) is 0.336. The van der Waals surface area contributed by atoms with Crippen LogP contribution < -0.4 is 14.2 Å². The molecule has 0 N–H and O–H groups in total. The zero-order chi connectivity index (χ0) is 23.3. The van der Waals surface area contributed by atoms with Crippen molar-refractivity contribution in [2.75, 3.05) is 13.7 Å². The molecule has 6 nitrogen and oxygen atoms in total. The van der Waals surface area contributed by atoms with Crippen LogP contribution in [0.3, 0.4) is 0 Å². The van der Waals surface area contributed by atoms with Gasteiger partial charge in [-0.2, -0.15) is 0 Å². The minimum Gasteiger partial charge on any atom is -0.486 e. The average molecular weight is 532 g/mol. The molecule has 0 amide bonds. The highest BCUT2D eigenvalue weighted by Crippen LogP contribution is 2.35. The monoisotopic (exact) mass is 531 g/mol. The Balaban J connectivity index is 1.63.